The third-order valence-corrected chi connectivity index (χ3v) is 5.44. The van der Waals surface area contributed by atoms with Gasteiger partial charge in [-0.05, 0) is 36.5 Å². The smallest absolute Gasteiger partial charge is 0.234 e. The van der Waals surface area contributed by atoms with Gasteiger partial charge in [-0.1, -0.05) is 43.3 Å². The number of hydrogen-bond donors (Lipinski definition) is 1. The SMILES string of the molecule is CC1CC(C)CN(c2cc(SCC(=O)Nc3cccc(Cl)c3)ncn2)C1. The van der Waals surface area contributed by atoms with Crippen LogP contribution >= 0.6 is 23.4 Å². The molecule has 0 aliphatic carbocycles. The lowest BCUT2D eigenvalue weighted by Crippen LogP contribution is -2.39. The number of hydrogen-bond acceptors (Lipinski definition) is 5. The normalized spacial score (nSPS) is 20.0. The number of carbonyl (C=O) groups is 1. The number of nitrogens with one attached hydrogen (secondary N) is 1. The highest BCUT2D eigenvalue weighted by Crippen LogP contribution is 2.27. The van der Waals surface area contributed by atoms with E-state index in [0.717, 1.165) is 23.9 Å². The van der Waals surface area contributed by atoms with Gasteiger partial charge in [0.05, 0.1) is 5.75 Å². The lowest BCUT2D eigenvalue weighted by molar-refractivity contribution is -0.113. The summed E-state index contributed by atoms with van der Waals surface area (Å²) in [7, 11) is 0. The molecule has 1 aliphatic heterocycles. The predicted octanol–water partition coefficient (Wildman–Crippen LogP) is 4.34. The zero-order valence-electron chi connectivity index (χ0n) is 15.0. The van der Waals surface area contributed by atoms with Gasteiger partial charge in [0.15, 0.2) is 0 Å². The average molecular weight is 391 g/mol. The summed E-state index contributed by atoms with van der Waals surface area (Å²) >= 11 is 7.34. The van der Waals surface area contributed by atoms with E-state index in [1.807, 2.05) is 18.2 Å². The maximum absolute atomic E-state index is 12.1. The second-order valence-electron chi connectivity index (χ2n) is 6.91. The molecule has 1 aromatic carbocycles. The highest BCUT2D eigenvalue weighted by molar-refractivity contribution is 7.99. The Balaban J connectivity index is 1.57. The van der Waals surface area contributed by atoms with Gasteiger partial charge in [0.2, 0.25) is 5.91 Å². The molecule has 0 spiro atoms. The molecule has 0 saturated carbocycles. The van der Waals surface area contributed by atoms with Gasteiger partial charge in [-0.25, -0.2) is 9.97 Å². The Kier molecular flexibility index (Phi) is 6.38. The highest BCUT2D eigenvalue weighted by atomic mass is 35.5. The van der Waals surface area contributed by atoms with E-state index in [-0.39, 0.29) is 11.7 Å². The van der Waals surface area contributed by atoms with E-state index < -0.39 is 0 Å². The minimum atomic E-state index is -0.0855. The number of aromatic nitrogens is 2. The van der Waals surface area contributed by atoms with Crippen LogP contribution in [0.5, 0.6) is 0 Å². The van der Waals surface area contributed by atoms with Crippen molar-refractivity contribution < 1.29 is 4.79 Å². The number of benzene rings is 1. The molecule has 2 aromatic rings. The van der Waals surface area contributed by atoms with Gasteiger partial charge in [-0.3, -0.25) is 4.79 Å². The number of piperidine rings is 1. The van der Waals surface area contributed by atoms with E-state index in [9.17, 15) is 4.79 Å². The molecular weight excluding hydrogens is 368 g/mol. The van der Waals surface area contributed by atoms with Crippen molar-refractivity contribution in [3.05, 3.63) is 41.7 Å². The third kappa shape index (κ3) is 5.35. The van der Waals surface area contributed by atoms with Crippen LogP contribution in [0.3, 0.4) is 0 Å². The molecule has 1 aromatic heterocycles. The average Bonchev–Trinajstić information content (AvgIpc) is 2.59. The second-order valence-corrected chi connectivity index (χ2v) is 8.34. The zero-order chi connectivity index (χ0) is 18.5. The summed E-state index contributed by atoms with van der Waals surface area (Å²) in [6, 6.07) is 9.10. The Morgan fingerprint density at radius 2 is 2.04 bits per heavy atom. The molecule has 2 atom stereocenters. The molecule has 1 saturated heterocycles. The van der Waals surface area contributed by atoms with Crippen LogP contribution in [-0.4, -0.2) is 34.7 Å². The Labute approximate surface area is 163 Å². The first-order valence-corrected chi connectivity index (χ1v) is 10.1. The monoisotopic (exact) mass is 390 g/mol. The molecule has 1 aliphatic rings. The Bertz CT molecular complexity index is 763. The van der Waals surface area contributed by atoms with Crippen molar-refractivity contribution in [1.29, 1.82) is 0 Å². The largest absolute Gasteiger partial charge is 0.356 e. The van der Waals surface area contributed by atoms with Crippen LogP contribution < -0.4 is 10.2 Å². The van der Waals surface area contributed by atoms with Crippen LogP contribution in [0.25, 0.3) is 0 Å². The first-order chi connectivity index (χ1) is 12.5. The van der Waals surface area contributed by atoms with Crippen molar-refractivity contribution in [1.82, 2.24) is 9.97 Å². The second kappa shape index (κ2) is 8.73. The lowest BCUT2D eigenvalue weighted by atomic mass is 9.92. The molecule has 26 heavy (non-hydrogen) atoms. The molecule has 7 heteroatoms. The third-order valence-electron chi connectivity index (χ3n) is 4.28. The lowest BCUT2D eigenvalue weighted by Gasteiger charge is -2.35. The van der Waals surface area contributed by atoms with Crippen molar-refractivity contribution in [3.63, 3.8) is 0 Å². The van der Waals surface area contributed by atoms with Crippen molar-refractivity contribution in [2.24, 2.45) is 11.8 Å². The van der Waals surface area contributed by atoms with Crippen LogP contribution in [0.15, 0.2) is 41.7 Å². The molecule has 0 bridgehead atoms. The van der Waals surface area contributed by atoms with Crippen LogP contribution in [0.1, 0.15) is 20.3 Å². The fraction of sp³-hybridized carbons (Fsp3) is 0.421. The van der Waals surface area contributed by atoms with Gasteiger partial charge >= 0.3 is 0 Å². The maximum Gasteiger partial charge on any atom is 0.234 e. The number of rotatable bonds is 5. The number of halogens is 1. The Morgan fingerprint density at radius 1 is 1.27 bits per heavy atom. The number of carbonyl (C=O) groups excluding carboxylic acids is 1. The number of thioether (sulfide) groups is 1. The van der Waals surface area contributed by atoms with Gasteiger partial charge in [0.1, 0.15) is 17.2 Å². The number of amides is 1. The first-order valence-electron chi connectivity index (χ1n) is 8.75. The minimum absolute atomic E-state index is 0.0855. The highest BCUT2D eigenvalue weighted by Gasteiger charge is 2.23. The summed E-state index contributed by atoms with van der Waals surface area (Å²) < 4.78 is 0. The topological polar surface area (TPSA) is 58.1 Å². The van der Waals surface area contributed by atoms with Gasteiger partial charge in [-0.2, -0.15) is 0 Å². The van der Waals surface area contributed by atoms with E-state index in [0.29, 0.717) is 22.5 Å². The van der Waals surface area contributed by atoms with E-state index in [1.54, 1.807) is 18.5 Å². The van der Waals surface area contributed by atoms with Crippen molar-refractivity contribution in [2.45, 2.75) is 25.3 Å². The molecule has 138 valence electrons. The molecule has 2 heterocycles. The van der Waals surface area contributed by atoms with Crippen molar-refractivity contribution in [3.8, 4) is 0 Å². The molecule has 5 nitrogen and oxygen atoms in total. The quantitative estimate of drug-likeness (QED) is 0.607. The molecule has 2 unspecified atom stereocenters. The predicted molar refractivity (Wildman–Crippen MR) is 108 cm³/mol. The molecular formula is C19H23ClN4OS. The zero-order valence-corrected chi connectivity index (χ0v) is 16.6. The van der Waals surface area contributed by atoms with E-state index >= 15 is 0 Å². The van der Waals surface area contributed by atoms with Gasteiger partial charge in [0.25, 0.3) is 0 Å². The molecule has 1 N–H and O–H groups in total. The van der Waals surface area contributed by atoms with Crippen LogP contribution in [0.2, 0.25) is 5.02 Å². The van der Waals surface area contributed by atoms with Gasteiger partial charge in [-0.15, -0.1) is 0 Å². The van der Waals surface area contributed by atoms with E-state index in [1.165, 1.54) is 18.2 Å². The summed E-state index contributed by atoms with van der Waals surface area (Å²) in [5, 5.41) is 4.25. The first kappa shape index (κ1) is 19.0. The Hall–Kier alpha value is -1.79. The number of nitrogens with zero attached hydrogens (tertiary/aromatic N) is 3. The van der Waals surface area contributed by atoms with Crippen LogP contribution in [-0.2, 0) is 4.79 Å². The van der Waals surface area contributed by atoms with Crippen molar-refractivity contribution in [2.75, 3.05) is 29.1 Å². The summed E-state index contributed by atoms with van der Waals surface area (Å²) in [5.41, 5.74) is 0.697. The minimum Gasteiger partial charge on any atom is -0.356 e. The molecule has 0 radical (unpaired) electrons. The van der Waals surface area contributed by atoms with E-state index in [2.05, 4.69) is 34.0 Å². The van der Waals surface area contributed by atoms with Gasteiger partial charge in [0, 0.05) is 29.9 Å². The fourth-order valence-electron chi connectivity index (χ4n) is 3.33. The summed E-state index contributed by atoms with van der Waals surface area (Å²) in [5.74, 6) is 2.46. The van der Waals surface area contributed by atoms with Gasteiger partial charge < -0.3 is 10.2 Å². The standard InChI is InChI=1S/C19H23ClN4OS/c1-13-6-14(2)10-24(9-13)17-8-19(22-12-21-17)26-11-18(25)23-16-5-3-4-15(20)7-16/h3-5,7-8,12-14H,6,9-11H2,1-2H3,(H,23,25). The molecule has 1 amide bonds. The summed E-state index contributed by atoms with van der Waals surface area (Å²) in [6.07, 6.45) is 2.84. The molecule has 3 rings (SSSR count). The fourth-order valence-corrected chi connectivity index (χ4v) is 4.19. The summed E-state index contributed by atoms with van der Waals surface area (Å²) in [6.45, 7) is 6.58. The van der Waals surface area contributed by atoms with Crippen molar-refractivity contribution >= 4 is 40.8 Å². The number of anilines is 2. The maximum atomic E-state index is 12.1. The van der Waals surface area contributed by atoms with E-state index in [4.69, 9.17) is 11.6 Å². The summed E-state index contributed by atoms with van der Waals surface area (Å²) in [4.78, 5) is 23.2. The van der Waals surface area contributed by atoms with Crippen LogP contribution in [0, 0.1) is 11.8 Å². The Morgan fingerprint density at radius 3 is 2.77 bits per heavy atom. The molecule has 1 fully saturated rings. The van der Waals surface area contributed by atoms with Crippen LogP contribution in [0.4, 0.5) is 11.5 Å².